The van der Waals surface area contributed by atoms with E-state index in [0.29, 0.717) is 4.57 Å². The summed E-state index contributed by atoms with van der Waals surface area (Å²) in [6.45, 7) is -0.520. The van der Waals surface area contributed by atoms with Crippen molar-refractivity contribution < 1.29 is 20.1 Å². The Bertz CT molecular complexity index is 480. The van der Waals surface area contributed by atoms with Gasteiger partial charge in [-0.05, 0) is 0 Å². The third-order valence-electron chi connectivity index (χ3n) is 2.66. The van der Waals surface area contributed by atoms with E-state index in [0.717, 1.165) is 6.07 Å². The monoisotopic (exact) mass is 244 g/mol. The molecule has 1 aromatic rings. The Morgan fingerprint density at radius 1 is 1.35 bits per heavy atom. The Morgan fingerprint density at radius 2 is 2.06 bits per heavy atom. The zero-order valence-corrected chi connectivity index (χ0v) is 8.68. The van der Waals surface area contributed by atoms with Gasteiger partial charge in [0.05, 0.1) is 6.61 Å². The van der Waals surface area contributed by atoms with Crippen molar-refractivity contribution in [1.29, 1.82) is 0 Å². The zero-order chi connectivity index (χ0) is 12.6. The van der Waals surface area contributed by atoms with Crippen molar-refractivity contribution >= 4 is 0 Å². The van der Waals surface area contributed by atoms with Crippen LogP contribution in [0.4, 0.5) is 0 Å². The summed E-state index contributed by atoms with van der Waals surface area (Å²) in [5.74, 6) is 0. The summed E-state index contributed by atoms with van der Waals surface area (Å²) in [4.78, 5) is 25.2. The molecule has 1 saturated heterocycles. The Balaban J connectivity index is 2.42. The fourth-order valence-corrected chi connectivity index (χ4v) is 1.77. The summed E-state index contributed by atoms with van der Waals surface area (Å²) in [7, 11) is 0. The van der Waals surface area contributed by atoms with E-state index in [2.05, 4.69) is 4.98 Å². The summed E-state index contributed by atoms with van der Waals surface area (Å²) >= 11 is 0. The molecule has 0 spiro atoms. The zero-order valence-electron chi connectivity index (χ0n) is 8.68. The number of aliphatic hydroxyl groups is 3. The van der Waals surface area contributed by atoms with Crippen molar-refractivity contribution in [2.45, 2.75) is 24.5 Å². The minimum Gasteiger partial charge on any atom is -0.394 e. The van der Waals surface area contributed by atoms with E-state index in [9.17, 15) is 19.8 Å². The molecule has 4 unspecified atom stereocenters. The first-order chi connectivity index (χ1) is 8.06. The van der Waals surface area contributed by atoms with Gasteiger partial charge in [0.25, 0.3) is 5.56 Å². The van der Waals surface area contributed by atoms with Crippen molar-refractivity contribution in [2.75, 3.05) is 6.61 Å². The molecule has 2 rings (SSSR count). The summed E-state index contributed by atoms with van der Waals surface area (Å²) in [5, 5.41) is 28.1. The fourth-order valence-electron chi connectivity index (χ4n) is 1.77. The maximum Gasteiger partial charge on any atom is 0.330 e. The van der Waals surface area contributed by atoms with Crippen molar-refractivity contribution in [1.82, 2.24) is 9.55 Å². The van der Waals surface area contributed by atoms with Crippen LogP contribution in [0.2, 0.25) is 0 Å². The van der Waals surface area contributed by atoms with Gasteiger partial charge in [0.1, 0.15) is 18.3 Å². The predicted molar refractivity (Wildman–Crippen MR) is 54.3 cm³/mol. The minimum atomic E-state index is -1.45. The summed E-state index contributed by atoms with van der Waals surface area (Å²) in [5.41, 5.74) is -1.42. The lowest BCUT2D eigenvalue weighted by atomic mass is 10.1. The number of hydrogen-bond donors (Lipinski definition) is 4. The van der Waals surface area contributed by atoms with Gasteiger partial charge in [-0.1, -0.05) is 0 Å². The van der Waals surface area contributed by atoms with Crippen LogP contribution in [0.3, 0.4) is 0 Å². The quantitative estimate of drug-likeness (QED) is 0.444. The van der Waals surface area contributed by atoms with E-state index in [-0.39, 0.29) is 0 Å². The normalized spacial score (nSPS) is 32.9. The predicted octanol–water partition coefficient (Wildman–Crippen LogP) is -2.85. The number of ether oxygens (including phenoxy) is 1. The largest absolute Gasteiger partial charge is 0.394 e. The molecule has 0 amide bonds. The third kappa shape index (κ3) is 1.91. The first kappa shape index (κ1) is 12.0. The minimum absolute atomic E-state index is 0.520. The van der Waals surface area contributed by atoms with E-state index < -0.39 is 42.4 Å². The average molecular weight is 244 g/mol. The number of aromatic amines is 1. The van der Waals surface area contributed by atoms with Crippen molar-refractivity contribution in [3.8, 4) is 0 Å². The highest BCUT2D eigenvalue weighted by Crippen LogP contribution is 2.26. The van der Waals surface area contributed by atoms with E-state index in [1.807, 2.05) is 0 Å². The maximum atomic E-state index is 11.5. The van der Waals surface area contributed by atoms with E-state index in [1.165, 1.54) is 6.20 Å². The lowest BCUT2D eigenvalue weighted by Gasteiger charge is -2.15. The third-order valence-corrected chi connectivity index (χ3v) is 2.66. The molecule has 2 heterocycles. The van der Waals surface area contributed by atoms with Gasteiger partial charge < -0.3 is 25.0 Å². The van der Waals surface area contributed by atoms with Gasteiger partial charge in [-0.15, -0.1) is 0 Å². The van der Waals surface area contributed by atoms with Crippen LogP contribution in [0.25, 0.3) is 0 Å². The van der Waals surface area contributed by atoms with Gasteiger partial charge in [0.15, 0.2) is 6.23 Å². The van der Waals surface area contributed by atoms with E-state index in [1.54, 1.807) is 0 Å². The number of aliphatic hydroxyl groups excluding tert-OH is 3. The molecule has 0 saturated carbocycles. The molecule has 8 heteroatoms. The SMILES string of the molecule is O=c1cc[nH]c(=O)n1C1OC(CO)C(O)C1O. The summed E-state index contributed by atoms with van der Waals surface area (Å²) in [6.07, 6.45) is -3.96. The summed E-state index contributed by atoms with van der Waals surface area (Å²) in [6, 6.07) is 1.09. The van der Waals surface area contributed by atoms with Gasteiger partial charge in [-0.25, -0.2) is 9.36 Å². The van der Waals surface area contributed by atoms with Crippen LogP contribution in [0.5, 0.6) is 0 Å². The molecule has 0 aromatic carbocycles. The van der Waals surface area contributed by atoms with Gasteiger partial charge >= 0.3 is 5.69 Å². The molecule has 1 aliphatic heterocycles. The van der Waals surface area contributed by atoms with Crippen LogP contribution in [0, 0.1) is 0 Å². The van der Waals surface area contributed by atoms with Crippen LogP contribution in [-0.2, 0) is 4.74 Å². The first-order valence-corrected chi connectivity index (χ1v) is 4.99. The molecule has 1 aromatic heterocycles. The molecule has 1 fully saturated rings. The summed E-state index contributed by atoms with van der Waals surface area (Å²) < 4.78 is 5.73. The molecule has 0 radical (unpaired) electrons. The Labute approximate surface area is 94.7 Å². The Morgan fingerprint density at radius 3 is 2.59 bits per heavy atom. The van der Waals surface area contributed by atoms with Gasteiger partial charge in [0.2, 0.25) is 0 Å². The molecule has 8 nitrogen and oxygen atoms in total. The van der Waals surface area contributed by atoms with Crippen molar-refractivity contribution in [3.05, 3.63) is 33.1 Å². The highest BCUT2D eigenvalue weighted by atomic mass is 16.6. The standard InChI is InChI=1S/C9H12N2O6/c12-3-4-6(14)7(15)8(17-4)11-5(13)1-2-10-9(11)16/h1-2,4,6-8,12,14-15H,3H2,(H,10,16). The molecule has 4 atom stereocenters. The second-order valence-corrected chi connectivity index (χ2v) is 3.72. The van der Waals surface area contributed by atoms with Gasteiger partial charge in [-0.2, -0.15) is 0 Å². The highest BCUT2D eigenvalue weighted by Gasteiger charge is 2.44. The topological polar surface area (TPSA) is 125 Å². The molecule has 94 valence electrons. The number of H-pyrrole nitrogens is 1. The first-order valence-electron chi connectivity index (χ1n) is 4.99. The molecule has 0 aliphatic carbocycles. The van der Waals surface area contributed by atoms with Crippen LogP contribution in [0.15, 0.2) is 21.9 Å². The number of rotatable bonds is 2. The lowest BCUT2D eigenvalue weighted by molar-refractivity contribution is -0.0564. The van der Waals surface area contributed by atoms with Crippen LogP contribution < -0.4 is 11.2 Å². The van der Waals surface area contributed by atoms with Crippen LogP contribution in [0.1, 0.15) is 6.23 Å². The Hall–Kier alpha value is -1.48. The maximum absolute atomic E-state index is 11.5. The van der Waals surface area contributed by atoms with E-state index >= 15 is 0 Å². The van der Waals surface area contributed by atoms with Crippen molar-refractivity contribution in [2.24, 2.45) is 0 Å². The van der Waals surface area contributed by atoms with Gasteiger partial charge in [-0.3, -0.25) is 4.79 Å². The molecule has 1 aliphatic rings. The smallest absolute Gasteiger partial charge is 0.330 e. The fraction of sp³-hybridized carbons (Fsp3) is 0.556. The average Bonchev–Trinajstić information content (AvgIpc) is 2.57. The molecular formula is C9H12N2O6. The van der Waals surface area contributed by atoms with E-state index in [4.69, 9.17) is 9.84 Å². The Kier molecular flexibility index (Phi) is 3.11. The van der Waals surface area contributed by atoms with Crippen molar-refractivity contribution in [3.63, 3.8) is 0 Å². The second kappa shape index (κ2) is 4.41. The van der Waals surface area contributed by atoms with Crippen LogP contribution >= 0.6 is 0 Å². The van der Waals surface area contributed by atoms with Gasteiger partial charge in [0, 0.05) is 12.3 Å². The molecule has 0 bridgehead atoms. The molecular weight excluding hydrogens is 232 g/mol. The lowest BCUT2D eigenvalue weighted by Crippen LogP contribution is -2.42. The molecule has 4 N–H and O–H groups in total. The molecule has 17 heavy (non-hydrogen) atoms. The number of aromatic nitrogens is 2. The number of nitrogens with zero attached hydrogens (tertiary/aromatic N) is 1. The van der Waals surface area contributed by atoms with Crippen LogP contribution in [-0.4, -0.2) is 49.8 Å². The second-order valence-electron chi connectivity index (χ2n) is 3.72. The number of nitrogens with one attached hydrogen (secondary N) is 1. The highest BCUT2D eigenvalue weighted by molar-refractivity contribution is 4.93. The number of hydrogen-bond acceptors (Lipinski definition) is 6.